The Morgan fingerprint density at radius 3 is 2.92 bits per heavy atom. The van der Waals surface area contributed by atoms with Crippen LogP contribution >= 0.6 is 23.2 Å². The van der Waals surface area contributed by atoms with Crippen LogP contribution in [-0.4, -0.2) is 18.5 Å². The number of hydrogen-bond donors (Lipinski definition) is 1. The number of nitrogens with one attached hydrogen (secondary N) is 1. The highest BCUT2D eigenvalue weighted by Gasteiger charge is 2.21. The van der Waals surface area contributed by atoms with Crippen molar-refractivity contribution >= 4 is 23.2 Å². The monoisotopic (exact) mass is 217 g/mol. The quantitative estimate of drug-likeness (QED) is 0.667. The Morgan fingerprint density at radius 2 is 2.31 bits per heavy atom. The van der Waals surface area contributed by atoms with Gasteiger partial charge in [-0.3, -0.25) is 0 Å². The number of rotatable bonds is 1. The maximum Gasteiger partial charge on any atom is 0.0726 e. The molecule has 1 N–H and O–H groups in total. The van der Waals surface area contributed by atoms with E-state index in [0.29, 0.717) is 5.92 Å². The van der Waals surface area contributed by atoms with Crippen LogP contribution in [0.25, 0.3) is 0 Å². The van der Waals surface area contributed by atoms with E-state index < -0.39 is 0 Å². The van der Waals surface area contributed by atoms with Crippen molar-refractivity contribution in [3.05, 3.63) is 22.8 Å². The highest BCUT2D eigenvalue weighted by Crippen LogP contribution is 2.30. The van der Waals surface area contributed by atoms with E-state index in [9.17, 15) is 0 Å². The summed E-state index contributed by atoms with van der Waals surface area (Å²) in [6.45, 7) is 2.21. The summed E-state index contributed by atoms with van der Waals surface area (Å²) in [7, 11) is 0. The fourth-order valence-corrected chi connectivity index (χ4v) is 2.25. The molecule has 0 aromatic rings. The second kappa shape index (κ2) is 4.04. The SMILES string of the molecule is ClC1=CC(C2CCNC2)=CCC1Cl. The molecule has 1 aliphatic carbocycles. The zero-order chi connectivity index (χ0) is 9.26. The average molecular weight is 218 g/mol. The second-order valence-electron chi connectivity index (χ2n) is 3.63. The molecule has 2 atom stereocenters. The van der Waals surface area contributed by atoms with Crippen LogP contribution in [0.15, 0.2) is 22.8 Å². The molecule has 1 aliphatic heterocycles. The van der Waals surface area contributed by atoms with Crippen molar-refractivity contribution in [2.75, 3.05) is 13.1 Å². The third-order valence-electron chi connectivity index (χ3n) is 2.70. The van der Waals surface area contributed by atoms with E-state index in [1.807, 2.05) is 6.08 Å². The summed E-state index contributed by atoms with van der Waals surface area (Å²) in [6, 6.07) is 0. The van der Waals surface area contributed by atoms with Gasteiger partial charge in [-0.25, -0.2) is 0 Å². The summed E-state index contributed by atoms with van der Waals surface area (Å²) in [5.41, 5.74) is 1.37. The van der Waals surface area contributed by atoms with Crippen LogP contribution < -0.4 is 5.32 Å². The van der Waals surface area contributed by atoms with Gasteiger partial charge in [-0.05, 0) is 37.0 Å². The number of halogens is 2. The van der Waals surface area contributed by atoms with Gasteiger partial charge in [0.25, 0.3) is 0 Å². The van der Waals surface area contributed by atoms with Gasteiger partial charge in [0.2, 0.25) is 0 Å². The second-order valence-corrected chi connectivity index (χ2v) is 4.59. The minimum absolute atomic E-state index is 0.000205. The lowest BCUT2D eigenvalue weighted by Gasteiger charge is -2.17. The molecule has 1 saturated heterocycles. The Kier molecular flexibility index (Phi) is 2.97. The molecule has 0 spiro atoms. The van der Waals surface area contributed by atoms with Crippen molar-refractivity contribution in [3.8, 4) is 0 Å². The fraction of sp³-hybridized carbons (Fsp3) is 0.600. The summed E-state index contributed by atoms with van der Waals surface area (Å²) in [6.07, 6.45) is 6.36. The van der Waals surface area contributed by atoms with Crippen molar-refractivity contribution < 1.29 is 0 Å². The van der Waals surface area contributed by atoms with Gasteiger partial charge in [0.15, 0.2) is 0 Å². The van der Waals surface area contributed by atoms with Gasteiger partial charge in [-0.15, -0.1) is 11.6 Å². The molecule has 0 radical (unpaired) electrons. The Hall–Kier alpha value is 0.0200. The normalized spacial score (nSPS) is 34.3. The topological polar surface area (TPSA) is 12.0 Å². The van der Waals surface area contributed by atoms with Crippen LogP contribution in [0, 0.1) is 5.92 Å². The van der Waals surface area contributed by atoms with Gasteiger partial charge < -0.3 is 5.32 Å². The molecule has 0 bridgehead atoms. The first-order valence-corrected chi connectivity index (χ1v) is 5.51. The van der Waals surface area contributed by atoms with Crippen molar-refractivity contribution in [2.24, 2.45) is 5.92 Å². The zero-order valence-electron chi connectivity index (χ0n) is 7.39. The number of hydrogen-bond acceptors (Lipinski definition) is 1. The standard InChI is InChI=1S/C10H13Cl2N/c11-9-2-1-7(5-10(9)12)8-3-4-13-6-8/h1,5,8-9,13H,2-4,6H2. The van der Waals surface area contributed by atoms with E-state index in [1.165, 1.54) is 12.0 Å². The van der Waals surface area contributed by atoms with E-state index in [1.54, 1.807) is 0 Å². The van der Waals surface area contributed by atoms with Crippen LogP contribution in [0.2, 0.25) is 0 Å². The van der Waals surface area contributed by atoms with Gasteiger partial charge in [0.05, 0.1) is 5.38 Å². The Balaban J connectivity index is 2.08. The molecule has 13 heavy (non-hydrogen) atoms. The summed E-state index contributed by atoms with van der Waals surface area (Å²) < 4.78 is 0. The predicted octanol–water partition coefficient (Wildman–Crippen LogP) is 2.66. The van der Waals surface area contributed by atoms with Gasteiger partial charge in [0, 0.05) is 11.6 Å². The number of allylic oxidation sites excluding steroid dienone is 3. The van der Waals surface area contributed by atoms with Crippen LogP contribution in [-0.2, 0) is 0 Å². The van der Waals surface area contributed by atoms with Crippen molar-refractivity contribution in [3.63, 3.8) is 0 Å². The van der Waals surface area contributed by atoms with E-state index in [-0.39, 0.29) is 5.38 Å². The highest BCUT2D eigenvalue weighted by molar-refractivity contribution is 6.37. The van der Waals surface area contributed by atoms with Gasteiger partial charge >= 0.3 is 0 Å². The number of alkyl halides is 1. The van der Waals surface area contributed by atoms with Crippen molar-refractivity contribution in [2.45, 2.75) is 18.2 Å². The lowest BCUT2D eigenvalue weighted by Crippen LogP contribution is -2.13. The Bertz CT molecular complexity index is 252. The van der Waals surface area contributed by atoms with E-state index >= 15 is 0 Å². The Morgan fingerprint density at radius 1 is 1.46 bits per heavy atom. The summed E-state index contributed by atoms with van der Waals surface area (Å²) in [4.78, 5) is 0. The van der Waals surface area contributed by atoms with Crippen LogP contribution in [0.1, 0.15) is 12.8 Å². The van der Waals surface area contributed by atoms with Gasteiger partial charge in [-0.1, -0.05) is 17.7 Å². The summed E-state index contributed by atoms with van der Waals surface area (Å²) in [5.74, 6) is 0.651. The zero-order valence-corrected chi connectivity index (χ0v) is 8.91. The molecular weight excluding hydrogens is 205 g/mol. The van der Waals surface area contributed by atoms with Gasteiger partial charge in [0.1, 0.15) is 0 Å². The van der Waals surface area contributed by atoms with E-state index in [2.05, 4.69) is 11.4 Å². The lowest BCUT2D eigenvalue weighted by atomic mass is 9.93. The third-order valence-corrected chi connectivity index (χ3v) is 3.59. The summed E-state index contributed by atoms with van der Waals surface area (Å²) >= 11 is 12.0. The maximum atomic E-state index is 6.01. The van der Waals surface area contributed by atoms with Crippen molar-refractivity contribution in [1.29, 1.82) is 0 Å². The minimum Gasteiger partial charge on any atom is -0.316 e. The van der Waals surface area contributed by atoms with Crippen molar-refractivity contribution in [1.82, 2.24) is 5.32 Å². The molecule has 2 rings (SSSR count). The summed E-state index contributed by atoms with van der Waals surface area (Å²) in [5, 5.41) is 4.15. The molecule has 1 nitrogen and oxygen atoms in total. The molecule has 0 amide bonds. The van der Waals surface area contributed by atoms with E-state index in [4.69, 9.17) is 23.2 Å². The highest BCUT2D eigenvalue weighted by atomic mass is 35.5. The molecular formula is C10H13Cl2N. The average Bonchev–Trinajstić information content (AvgIpc) is 2.62. The fourth-order valence-electron chi connectivity index (χ4n) is 1.88. The molecule has 0 saturated carbocycles. The molecule has 0 aromatic carbocycles. The Labute approximate surface area is 88.8 Å². The predicted molar refractivity (Wildman–Crippen MR) is 57.3 cm³/mol. The minimum atomic E-state index is -0.000205. The largest absolute Gasteiger partial charge is 0.316 e. The van der Waals surface area contributed by atoms with Crippen LogP contribution in [0.3, 0.4) is 0 Å². The maximum absolute atomic E-state index is 6.01. The lowest BCUT2D eigenvalue weighted by molar-refractivity contribution is 0.688. The van der Waals surface area contributed by atoms with E-state index in [0.717, 1.165) is 24.5 Å². The molecule has 0 aromatic heterocycles. The third kappa shape index (κ3) is 2.09. The molecule has 3 heteroatoms. The molecule has 2 unspecified atom stereocenters. The van der Waals surface area contributed by atoms with Gasteiger partial charge in [-0.2, -0.15) is 0 Å². The first-order chi connectivity index (χ1) is 6.27. The first-order valence-electron chi connectivity index (χ1n) is 4.69. The van der Waals surface area contributed by atoms with Crippen LogP contribution in [0.4, 0.5) is 0 Å². The molecule has 2 aliphatic rings. The molecule has 72 valence electrons. The van der Waals surface area contributed by atoms with Crippen LogP contribution in [0.5, 0.6) is 0 Å². The smallest absolute Gasteiger partial charge is 0.0726 e. The molecule has 1 fully saturated rings. The first kappa shape index (κ1) is 9.57. The molecule has 1 heterocycles.